The van der Waals surface area contributed by atoms with Crippen LogP contribution in [-0.2, 0) is 9.53 Å². The number of amides is 1. The van der Waals surface area contributed by atoms with Gasteiger partial charge in [0.15, 0.2) is 0 Å². The fourth-order valence-electron chi connectivity index (χ4n) is 2.51. The molecular formula is C11H21ClN2O2. The quantitative estimate of drug-likeness (QED) is 0.798. The topological polar surface area (TPSA) is 41.6 Å². The van der Waals surface area contributed by atoms with Gasteiger partial charge in [-0.15, -0.1) is 12.4 Å². The average molecular weight is 249 g/mol. The minimum Gasteiger partial charge on any atom is -0.381 e. The number of likely N-dealkylation sites (tertiary alicyclic amines) is 1. The Morgan fingerprint density at radius 2 is 2.31 bits per heavy atom. The highest BCUT2D eigenvalue weighted by molar-refractivity contribution is 5.85. The number of carbonyl (C=O) groups excluding carboxylic acids is 1. The third kappa shape index (κ3) is 2.87. The van der Waals surface area contributed by atoms with E-state index in [1.165, 1.54) is 0 Å². The molecule has 94 valence electrons. The molecule has 4 nitrogen and oxygen atoms in total. The maximum atomic E-state index is 11.8. The number of nitrogens with zero attached hydrogens (tertiary/aromatic N) is 1. The average Bonchev–Trinajstić information content (AvgIpc) is 2.86. The molecule has 0 aromatic heterocycles. The van der Waals surface area contributed by atoms with E-state index >= 15 is 0 Å². The molecule has 2 rings (SSSR count). The van der Waals surface area contributed by atoms with E-state index in [0.29, 0.717) is 11.8 Å². The Balaban J connectivity index is 0.00000128. The van der Waals surface area contributed by atoms with Crippen LogP contribution in [0.5, 0.6) is 0 Å². The molecular weight excluding hydrogens is 228 g/mol. The van der Waals surface area contributed by atoms with Gasteiger partial charge in [0.05, 0.1) is 6.61 Å². The van der Waals surface area contributed by atoms with Gasteiger partial charge in [0, 0.05) is 38.1 Å². The minimum atomic E-state index is 0. The van der Waals surface area contributed by atoms with E-state index in [9.17, 15) is 4.79 Å². The Bertz CT molecular complexity index is 242. The van der Waals surface area contributed by atoms with E-state index in [-0.39, 0.29) is 18.3 Å². The van der Waals surface area contributed by atoms with Crippen LogP contribution in [0.3, 0.4) is 0 Å². The molecule has 0 bridgehead atoms. The summed E-state index contributed by atoms with van der Waals surface area (Å²) >= 11 is 0. The number of nitrogens with one attached hydrogen (secondary N) is 1. The standard InChI is InChI=1S/C11H20N2O2.ClH/c1-12-5-2-10(14)13-6-3-11(8-13)4-7-15-9-11;/h12H,2-9H2,1H3;1H. The summed E-state index contributed by atoms with van der Waals surface area (Å²) in [6.45, 7) is 4.33. The second kappa shape index (κ2) is 5.84. The van der Waals surface area contributed by atoms with Crippen LogP contribution in [0.15, 0.2) is 0 Å². The second-order valence-electron chi connectivity index (χ2n) is 4.72. The molecule has 0 saturated carbocycles. The predicted molar refractivity (Wildman–Crippen MR) is 64.9 cm³/mol. The van der Waals surface area contributed by atoms with Gasteiger partial charge in [-0.2, -0.15) is 0 Å². The van der Waals surface area contributed by atoms with Crippen molar-refractivity contribution < 1.29 is 9.53 Å². The SMILES string of the molecule is CNCCC(=O)N1CCC2(CCOC2)C1.Cl. The van der Waals surface area contributed by atoms with E-state index in [1.54, 1.807) is 0 Å². The highest BCUT2D eigenvalue weighted by Gasteiger charge is 2.42. The van der Waals surface area contributed by atoms with Crippen molar-refractivity contribution in [1.82, 2.24) is 10.2 Å². The third-order valence-electron chi connectivity index (χ3n) is 3.56. The lowest BCUT2D eigenvalue weighted by molar-refractivity contribution is -0.130. The Labute approximate surface area is 103 Å². The maximum absolute atomic E-state index is 11.8. The zero-order valence-corrected chi connectivity index (χ0v) is 10.6. The third-order valence-corrected chi connectivity index (χ3v) is 3.56. The number of carbonyl (C=O) groups is 1. The van der Waals surface area contributed by atoms with Crippen molar-refractivity contribution in [3.05, 3.63) is 0 Å². The van der Waals surface area contributed by atoms with Gasteiger partial charge in [0.1, 0.15) is 0 Å². The van der Waals surface area contributed by atoms with E-state index in [0.717, 1.165) is 45.7 Å². The molecule has 1 amide bonds. The first kappa shape index (κ1) is 13.7. The Hall–Kier alpha value is -0.320. The van der Waals surface area contributed by atoms with Gasteiger partial charge >= 0.3 is 0 Å². The number of ether oxygens (including phenoxy) is 1. The molecule has 2 heterocycles. The Morgan fingerprint density at radius 1 is 1.50 bits per heavy atom. The van der Waals surface area contributed by atoms with E-state index in [4.69, 9.17) is 4.74 Å². The predicted octanol–water partition coefficient (Wildman–Crippen LogP) is 0.657. The lowest BCUT2D eigenvalue weighted by Gasteiger charge is -2.21. The summed E-state index contributed by atoms with van der Waals surface area (Å²) in [5.41, 5.74) is 0.301. The second-order valence-corrected chi connectivity index (χ2v) is 4.72. The highest BCUT2D eigenvalue weighted by atomic mass is 35.5. The van der Waals surface area contributed by atoms with Crippen LogP contribution in [0.4, 0.5) is 0 Å². The first-order valence-corrected chi connectivity index (χ1v) is 5.76. The molecule has 2 aliphatic heterocycles. The van der Waals surface area contributed by atoms with Gasteiger partial charge in [-0.3, -0.25) is 4.79 Å². The molecule has 0 radical (unpaired) electrons. The molecule has 1 spiro atoms. The number of rotatable bonds is 3. The monoisotopic (exact) mass is 248 g/mol. The van der Waals surface area contributed by atoms with Crippen molar-refractivity contribution in [1.29, 1.82) is 0 Å². The van der Waals surface area contributed by atoms with Gasteiger partial charge in [0.2, 0.25) is 5.91 Å². The van der Waals surface area contributed by atoms with Crippen molar-refractivity contribution in [3.63, 3.8) is 0 Å². The summed E-state index contributed by atoms with van der Waals surface area (Å²) in [6, 6.07) is 0. The molecule has 2 fully saturated rings. The van der Waals surface area contributed by atoms with E-state index < -0.39 is 0 Å². The van der Waals surface area contributed by atoms with Gasteiger partial charge in [-0.25, -0.2) is 0 Å². The van der Waals surface area contributed by atoms with Crippen molar-refractivity contribution >= 4 is 18.3 Å². The maximum Gasteiger partial charge on any atom is 0.223 e. The number of hydrogen-bond acceptors (Lipinski definition) is 3. The fraction of sp³-hybridized carbons (Fsp3) is 0.909. The van der Waals surface area contributed by atoms with Gasteiger partial charge < -0.3 is 15.0 Å². The number of hydrogen-bond donors (Lipinski definition) is 1. The number of halogens is 1. The summed E-state index contributed by atoms with van der Waals surface area (Å²) in [5, 5.41) is 3.01. The van der Waals surface area contributed by atoms with Crippen LogP contribution in [-0.4, -0.2) is 50.7 Å². The molecule has 5 heteroatoms. The van der Waals surface area contributed by atoms with E-state index in [2.05, 4.69) is 5.32 Å². The zero-order chi connectivity index (χ0) is 10.7. The van der Waals surface area contributed by atoms with Crippen molar-refractivity contribution in [3.8, 4) is 0 Å². The first-order chi connectivity index (χ1) is 7.26. The van der Waals surface area contributed by atoms with Gasteiger partial charge in [-0.1, -0.05) is 0 Å². The largest absolute Gasteiger partial charge is 0.381 e. The van der Waals surface area contributed by atoms with Crippen LogP contribution in [0, 0.1) is 5.41 Å². The minimum absolute atomic E-state index is 0. The Kier molecular flexibility index (Phi) is 5.02. The lowest BCUT2D eigenvalue weighted by atomic mass is 9.87. The van der Waals surface area contributed by atoms with Crippen LogP contribution >= 0.6 is 12.4 Å². The van der Waals surface area contributed by atoms with Crippen molar-refractivity contribution in [2.24, 2.45) is 5.41 Å². The lowest BCUT2D eigenvalue weighted by Crippen LogP contribution is -2.33. The molecule has 0 aromatic rings. The summed E-state index contributed by atoms with van der Waals surface area (Å²) in [7, 11) is 1.88. The normalized spacial score (nSPS) is 28.4. The Morgan fingerprint density at radius 3 is 2.94 bits per heavy atom. The molecule has 2 aliphatic rings. The van der Waals surface area contributed by atoms with Crippen molar-refractivity contribution in [2.75, 3.05) is 39.9 Å². The zero-order valence-electron chi connectivity index (χ0n) is 9.83. The molecule has 2 saturated heterocycles. The molecule has 0 aliphatic carbocycles. The molecule has 0 aromatic carbocycles. The summed E-state index contributed by atoms with van der Waals surface area (Å²) in [5.74, 6) is 0.285. The first-order valence-electron chi connectivity index (χ1n) is 5.76. The van der Waals surface area contributed by atoms with Gasteiger partial charge in [0.25, 0.3) is 0 Å². The summed E-state index contributed by atoms with van der Waals surface area (Å²) in [6.07, 6.45) is 2.87. The van der Waals surface area contributed by atoms with Crippen LogP contribution in [0.2, 0.25) is 0 Å². The molecule has 1 N–H and O–H groups in total. The molecule has 1 unspecified atom stereocenters. The highest BCUT2D eigenvalue weighted by Crippen LogP contribution is 2.38. The van der Waals surface area contributed by atoms with Gasteiger partial charge in [-0.05, 0) is 19.9 Å². The fourth-order valence-corrected chi connectivity index (χ4v) is 2.51. The molecule has 1 atom stereocenters. The molecule has 16 heavy (non-hydrogen) atoms. The van der Waals surface area contributed by atoms with E-state index in [1.807, 2.05) is 11.9 Å². The smallest absolute Gasteiger partial charge is 0.223 e. The van der Waals surface area contributed by atoms with Crippen LogP contribution in [0.1, 0.15) is 19.3 Å². The summed E-state index contributed by atoms with van der Waals surface area (Å²) in [4.78, 5) is 13.8. The van der Waals surface area contributed by atoms with Crippen molar-refractivity contribution in [2.45, 2.75) is 19.3 Å². The summed E-state index contributed by atoms with van der Waals surface area (Å²) < 4.78 is 5.44. The van der Waals surface area contributed by atoms with Crippen LogP contribution in [0.25, 0.3) is 0 Å². The van der Waals surface area contributed by atoms with Crippen LogP contribution < -0.4 is 5.32 Å².